The third kappa shape index (κ3) is 4.15. The number of anilines is 1. The molecule has 0 bridgehead atoms. The fraction of sp³-hybridized carbons (Fsp3) is 0.318. The Balaban J connectivity index is 2.24. The Morgan fingerprint density at radius 2 is 1.79 bits per heavy atom. The average molecular weight is 503 g/mol. The number of hydrogen-bond acceptors (Lipinski definition) is 4. The lowest BCUT2D eigenvalue weighted by molar-refractivity contribution is -0.140. The Morgan fingerprint density at radius 1 is 1.15 bits per heavy atom. The maximum atomic E-state index is 16.6. The van der Waals surface area contributed by atoms with Crippen molar-refractivity contribution in [1.29, 1.82) is 0 Å². The second kappa shape index (κ2) is 8.79. The highest BCUT2D eigenvalue weighted by Gasteiger charge is 2.57. The van der Waals surface area contributed by atoms with Crippen molar-refractivity contribution >= 4 is 35.2 Å². The van der Waals surface area contributed by atoms with Crippen molar-refractivity contribution < 1.29 is 41.8 Å². The number of aliphatic carboxylic acids is 1. The van der Waals surface area contributed by atoms with Crippen LogP contribution in [0.15, 0.2) is 36.4 Å². The molecule has 0 saturated heterocycles. The van der Waals surface area contributed by atoms with E-state index in [4.69, 9.17) is 16.3 Å². The first-order valence-electron chi connectivity index (χ1n) is 9.86. The second-order valence-corrected chi connectivity index (χ2v) is 8.32. The fourth-order valence-electron chi connectivity index (χ4n) is 3.69. The Morgan fingerprint density at radius 3 is 2.32 bits per heavy atom. The van der Waals surface area contributed by atoms with Crippen molar-refractivity contribution in [2.24, 2.45) is 5.92 Å². The Bertz CT molecular complexity index is 1170. The number of ether oxygens (including phenoxy) is 1. The number of imide groups is 1. The molecule has 3 amide bonds. The zero-order valence-electron chi connectivity index (χ0n) is 18.0. The topological polar surface area (TPSA) is 95.9 Å². The molecular weight excluding hydrogens is 484 g/mol. The van der Waals surface area contributed by atoms with E-state index in [0.717, 1.165) is 12.1 Å². The van der Waals surface area contributed by atoms with Gasteiger partial charge in [-0.15, -0.1) is 0 Å². The molecule has 2 aromatic carbocycles. The molecule has 2 aromatic rings. The summed E-state index contributed by atoms with van der Waals surface area (Å²) in [5.74, 6) is -3.78. The van der Waals surface area contributed by atoms with Gasteiger partial charge < -0.3 is 15.2 Å². The number of nitrogens with one attached hydrogen (secondary N) is 1. The number of carbonyl (C=O) groups is 3. The smallest absolute Gasteiger partial charge is 0.416 e. The van der Waals surface area contributed by atoms with Gasteiger partial charge in [0, 0.05) is 16.1 Å². The van der Waals surface area contributed by atoms with Gasteiger partial charge in [0.2, 0.25) is 5.67 Å². The van der Waals surface area contributed by atoms with Crippen LogP contribution in [0.1, 0.15) is 30.5 Å². The second-order valence-electron chi connectivity index (χ2n) is 7.88. The van der Waals surface area contributed by atoms with Crippen molar-refractivity contribution in [3.8, 4) is 5.75 Å². The number of halogens is 5. The highest BCUT2D eigenvalue weighted by Crippen LogP contribution is 2.51. The van der Waals surface area contributed by atoms with Crippen LogP contribution in [-0.4, -0.2) is 36.2 Å². The van der Waals surface area contributed by atoms with Gasteiger partial charge in [0.15, 0.2) is 0 Å². The van der Waals surface area contributed by atoms with Crippen molar-refractivity contribution in [3.05, 3.63) is 58.1 Å². The van der Waals surface area contributed by atoms with E-state index < -0.39 is 64.1 Å². The zero-order chi connectivity index (χ0) is 25.6. The van der Waals surface area contributed by atoms with Crippen LogP contribution in [0.25, 0.3) is 0 Å². The minimum absolute atomic E-state index is 0.00253. The van der Waals surface area contributed by atoms with Crippen molar-refractivity contribution in [2.45, 2.75) is 31.7 Å². The monoisotopic (exact) mass is 502 g/mol. The Labute approximate surface area is 196 Å². The number of rotatable bonds is 5. The molecule has 3 rings (SSSR count). The van der Waals surface area contributed by atoms with Gasteiger partial charge >= 0.3 is 18.2 Å². The van der Waals surface area contributed by atoms with Crippen LogP contribution in [0.4, 0.5) is 28.0 Å². The lowest BCUT2D eigenvalue weighted by Crippen LogP contribution is -2.53. The normalized spacial score (nSPS) is 18.6. The molecule has 1 heterocycles. The van der Waals surface area contributed by atoms with Crippen molar-refractivity contribution in [1.82, 2.24) is 5.32 Å². The number of urea groups is 1. The summed E-state index contributed by atoms with van der Waals surface area (Å²) >= 11 is 5.97. The Hall–Kier alpha value is -3.34. The lowest BCUT2D eigenvalue weighted by Gasteiger charge is -2.24. The highest BCUT2D eigenvalue weighted by atomic mass is 35.5. The van der Waals surface area contributed by atoms with E-state index in [9.17, 15) is 32.7 Å². The van der Waals surface area contributed by atoms with Gasteiger partial charge in [-0.05, 0) is 36.2 Å². The summed E-state index contributed by atoms with van der Waals surface area (Å²) in [5, 5.41) is 11.4. The summed E-state index contributed by atoms with van der Waals surface area (Å²) in [7, 11) is 1.19. The maximum Gasteiger partial charge on any atom is 0.416 e. The van der Waals surface area contributed by atoms with Crippen LogP contribution in [0.2, 0.25) is 5.02 Å². The molecule has 0 unspecified atom stereocenters. The minimum atomic E-state index is -4.86. The van der Waals surface area contributed by atoms with E-state index in [1.54, 1.807) is 0 Å². The first kappa shape index (κ1) is 25.3. The van der Waals surface area contributed by atoms with Crippen LogP contribution in [-0.2, 0) is 21.4 Å². The van der Waals surface area contributed by atoms with E-state index in [1.165, 1.54) is 33.1 Å². The third-order valence-electron chi connectivity index (χ3n) is 5.38. The van der Waals surface area contributed by atoms with Gasteiger partial charge in [-0.25, -0.2) is 18.9 Å². The van der Waals surface area contributed by atoms with Crippen LogP contribution in [0.5, 0.6) is 5.75 Å². The predicted octanol–water partition coefficient (Wildman–Crippen LogP) is 4.75. The summed E-state index contributed by atoms with van der Waals surface area (Å²) in [5.41, 5.74) is -6.06. The van der Waals surface area contributed by atoms with Crippen molar-refractivity contribution in [2.75, 3.05) is 12.0 Å². The number of carboxylic acid groups (broad SMARTS) is 1. The van der Waals surface area contributed by atoms with E-state index in [2.05, 4.69) is 5.32 Å². The molecule has 1 aliphatic rings. The van der Waals surface area contributed by atoms with Crippen LogP contribution < -0.4 is 15.0 Å². The van der Waals surface area contributed by atoms with Crippen LogP contribution in [0.3, 0.4) is 0 Å². The fourth-order valence-corrected chi connectivity index (χ4v) is 3.86. The maximum absolute atomic E-state index is 16.6. The number of carbonyl (C=O) groups excluding carboxylic acids is 2. The number of methoxy groups -OCH3 is 1. The SMILES string of the molecule is COc1ccc(Cl)cc1[C@]1(F)C(=O)N(C(=O)N[C@H](C(=O)O)C(C)C)c2cc(C(F)(F)F)ccc21. The summed E-state index contributed by atoms with van der Waals surface area (Å²) in [4.78, 5) is 38.0. The first-order valence-corrected chi connectivity index (χ1v) is 10.2. The van der Waals surface area contributed by atoms with E-state index in [1.807, 2.05) is 0 Å². The van der Waals surface area contributed by atoms with E-state index in [0.29, 0.717) is 12.1 Å². The van der Waals surface area contributed by atoms with Crippen LogP contribution >= 0.6 is 11.6 Å². The summed E-state index contributed by atoms with van der Waals surface area (Å²) in [6, 6.07) is 2.57. The summed E-state index contributed by atoms with van der Waals surface area (Å²) in [6.07, 6.45) is -4.86. The molecule has 2 atom stereocenters. The number of nitrogens with zero attached hydrogens (tertiary/aromatic N) is 1. The third-order valence-corrected chi connectivity index (χ3v) is 5.62. The van der Waals surface area contributed by atoms with Crippen LogP contribution in [0, 0.1) is 5.92 Å². The van der Waals surface area contributed by atoms with Gasteiger partial charge in [0.05, 0.1) is 18.4 Å². The predicted molar refractivity (Wildman–Crippen MR) is 114 cm³/mol. The molecule has 0 radical (unpaired) electrons. The number of benzene rings is 2. The first-order chi connectivity index (χ1) is 15.7. The molecule has 0 fully saturated rings. The van der Waals surface area contributed by atoms with Gasteiger partial charge in [0.1, 0.15) is 11.8 Å². The highest BCUT2D eigenvalue weighted by molar-refractivity contribution is 6.31. The molecule has 1 aliphatic heterocycles. The molecule has 182 valence electrons. The molecule has 7 nitrogen and oxygen atoms in total. The molecular formula is C22H19ClF4N2O5. The number of carboxylic acids is 1. The van der Waals surface area contributed by atoms with Gasteiger partial charge in [-0.1, -0.05) is 31.5 Å². The molecule has 0 spiro atoms. The number of amides is 3. The summed E-state index contributed by atoms with van der Waals surface area (Å²) < 4.78 is 61.9. The minimum Gasteiger partial charge on any atom is -0.496 e. The Kier molecular flexibility index (Phi) is 6.53. The molecule has 0 aliphatic carbocycles. The quantitative estimate of drug-likeness (QED) is 0.575. The lowest BCUT2D eigenvalue weighted by atomic mass is 9.88. The molecule has 2 N–H and O–H groups in total. The van der Waals surface area contributed by atoms with E-state index >= 15 is 4.39 Å². The molecule has 0 saturated carbocycles. The number of alkyl halides is 4. The molecule has 12 heteroatoms. The zero-order valence-corrected chi connectivity index (χ0v) is 18.8. The van der Waals surface area contributed by atoms with Gasteiger partial charge in [-0.2, -0.15) is 13.2 Å². The van der Waals surface area contributed by atoms with E-state index in [-0.39, 0.29) is 15.7 Å². The van der Waals surface area contributed by atoms with Gasteiger partial charge in [-0.3, -0.25) is 4.79 Å². The molecule has 0 aromatic heterocycles. The average Bonchev–Trinajstić information content (AvgIpc) is 2.98. The standard InChI is InChI=1S/C22H19ClF4N2O5/c1-10(2)17(18(30)31)28-20(33)29-15-8-11(22(25,26)27)4-6-13(15)21(24,19(29)32)14-9-12(23)5-7-16(14)34-3/h4-10,17H,1-3H3,(H,28,33)(H,30,31)/t17-,21-/m0/s1. The molecule has 34 heavy (non-hydrogen) atoms. The number of fused-ring (bicyclic) bond motifs is 1. The van der Waals surface area contributed by atoms with Gasteiger partial charge in [0.25, 0.3) is 5.91 Å². The summed E-state index contributed by atoms with van der Waals surface area (Å²) in [6.45, 7) is 2.94. The van der Waals surface area contributed by atoms with Crippen molar-refractivity contribution in [3.63, 3.8) is 0 Å². The largest absolute Gasteiger partial charge is 0.496 e. The number of hydrogen-bond donors (Lipinski definition) is 2.